The Balaban J connectivity index is 1.66. The number of urea groups is 1. The van der Waals surface area contributed by atoms with E-state index in [1.54, 1.807) is 30.3 Å². The molecule has 0 bridgehead atoms. The highest BCUT2D eigenvalue weighted by molar-refractivity contribution is 5.94. The lowest BCUT2D eigenvalue weighted by atomic mass is 10.1. The molecule has 0 saturated carbocycles. The maximum atomic E-state index is 12.4. The van der Waals surface area contributed by atoms with Crippen LogP contribution in [-0.2, 0) is 11.2 Å². The van der Waals surface area contributed by atoms with Crippen LogP contribution in [0.5, 0.6) is 17.2 Å². The molecule has 0 spiro atoms. The van der Waals surface area contributed by atoms with Crippen molar-refractivity contribution >= 4 is 17.6 Å². The van der Waals surface area contributed by atoms with Gasteiger partial charge in [-0.2, -0.15) is 5.26 Å². The summed E-state index contributed by atoms with van der Waals surface area (Å²) in [7, 11) is 0. The number of carbonyl (C=O) groups is 2. The smallest absolute Gasteiger partial charge is 0.319 e. The molecule has 9 heteroatoms. The fourth-order valence-corrected chi connectivity index (χ4v) is 2.63. The number of anilines is 1. The first-order chi connectivity index (χ1) is 13.5. The van der Waals surface area contributed by atoms with Crippen LogP contribution >= 0.6 is 0 Å². The molecule has 0 saturated heterocycles. The Morgan fingerprint density at radius 2 is 1.89 bits per heavy atom. The zero-order chi connectivity index (χ0) is 19.9. The van der Waals surface area contributed by atoms with Crippen molar-refractivity contribution in [2.45, 2.75) is 12.5 Å². The van der Waals surface area contributed by atoms with Crippen LogP contribution in [0.15, 0.2) is 42.5 Å². The van der Waals surface area contributed by atoms with Crippen LogP contribution < -0.4 is 25.4 Å². The van der Waals surface area contributed by atoms with Gasteiger partial charge in [0, 0.05) is 18.2 Å². The van der Waals surface area contributed by atoms with Gasteiger partial charge < -0.3 is 30.5 Å². The van der Waals surface area contributed by atoms with Gasteiger partial charge in [0.15, 0.2) is 11.5 Å². The number of phenolic OH excluding ortho intramolecular Hbond substituents is 1. The SMILES string of the molecule is N#CCNC(=O)C(Cc1ccc(O)cc1)NC(=O)Nc1ccc2c(c1)OCO2. The minimum absolute atomic E-state index is 0.0998. The van der Waals surface area contributed by atoms with Gasteiger partial charge in [-0.3, -0.25) is 4.79 Å². The van der Waals surface area contributed by atoms with Crippen LogP contribution in [0.25, 0.3) is 0 Å². The molecule has 2 aromatic carbocycles. The largest absolute Gasteiger partial charge is 0.508 e. The first-order valence-corrected chi connectivity index (χ1v) is 8.45. The summed E-state index contributed by atoms with van der Waals surface area (Å²) in [6, 6.07) is 11.5. The molecule has 144 valence electrons. The number of amides is 3. The molecule has 2 aromatic rings. The quantitative estimate of drug-likeness (QED) is 0.560. The lowest BCUT2D eigenvalue weighted by Crippen LogP contribution is -2.49. The van der Waals surface area contributed by atoms with Crippen molar-refractivity contribution in [1.29, 1.82) is 5.26 Å². The van der Waals surface area contributed by atoms with E-state index in [1.165, 1.54) is 12.1 Å². The normalized spacial score (nSPS) is 12.5. The van der Waals surface area contributed by atoms with Crippen LogP contribution in [0.3, 0.4) is 0 Å². The van der Waals surface area contributed by atoms with E-state index in [4.69, 9.17) is 14.7 Å². The maximum Gasteiger partial charge on any atom is 0.319 e. The lowest BCUT2D eigenvalue weighted by Gasteiger charge is -2.18. The van der Waals surface area contributed by atoms with Crippen LogP contribution in [0.4, 0.5) is 10.5 Å². The predicted molar refractivity (Wildman–Crippen MR) is 98.9 cm³/mol. The highest BCUT2D eigenvalue weighted by Gasteiger charge is 2.22. The fraction of sp³-hybridized carbons (Fsp3) is 0.211. The van der Waals surface area contributed by atoms with Crippen molar-refractivity contribution < 1.29 is 24.2 Å². The van der Waals surface area contributed by atoms with Gasteiger partial charge in [0.25, 0.3) is 0 Å². The lowest BCUT2D eigenvalue weighted by molar-refractivity contribution is -0.122. The molecule has 1 heterocycles. The van der Waals surface area contributed by atoms with E-state index < -0.39 is 18.0 Å². The van der Waals surface area contributed by atoms with E-state index >= 15 is 0 Å². The van der Waals surface area contributed by atoms with Crippen LogP contribution in [0.1, 0.15) is 5.56 Å². The average molecular weight is 382 g/mol. The van der Waals surface area contributed by atoms with Crippen molar-refractivity contribution in [3.63, 3.8) is 0 Å². The standard InChI is InChI=1S/C19H18N4O5/c20-7-8-21-18(25)15(9-12-1-4-14(24)5-2-12)23-19(26)22-13-3-6-16-17(10-13)28-11-27-16/h1-6,10,15,24H,8-9,11H2,(H,21,25)(H2,22,23,26). The summed E-state index contributed by atoms with van der Waals surface area (Å²) in [6.45, 7) is -0.0465. The van der Waals surface area contributed by atoms with Gasteiger partial charge in [0.05, 0.1) is 6.07 Å². The van der Waals surface area contributed by atoms with E-state index in [0.29, 0.717) is 17.2 Å². The minimum atomic E-state index is -0.910. The second-order valence-corrected chi connectivity index (χ2v) is 5.97. The molecule has 28 heavy (non-hydrogen) atoms. The van der Waals surface area contributed by atoms with Gasteiger partial charge in [-0.25, -0.2) is 4.79 Å². The molecule has 9 nitrogen and oxygen atoms in total. The average Bonchev–Trinajstić information content (AvgIpc) is 3.15. The summed E-state index contributed by atoms with van der Waals surface area (Å²) in [5.41, 5.74) is 1.21. The zero-order valence-corrected chi connectivity index (χ0v) is 14.8. The van der Waals surface area contributed by atoms with E-state index in [-0.39, 0.29) is 25.5 Å². The number of nitrogens with zero attached hydrogens (tertiary/aromatic N) is 1. The molecule has 0 aromatic heterocycles. The third-order valence-electron chi connectivity index (χ3n) is 3.97. The van der Waals surface area contributed by atoms with E-state index in [9.17, 15) is 14.7 Å². The molecule has 3 amide bonds. The zero-order valence-electron chi connectivity index (χ0n) is 14.8. The highest BCUT2D eigenvalue weighted by atomic mass is 16.7. The molecule has 0 aliphatic carbocycles. The summed E-state index contributed by atoms with van der Waals surface area (Å²) < 4.78 is 10.5. The Kier molecular flexibility index (Phi) is 5.81. The summed E-state index contributed by atoms with van der Waals surface area (Å²) >= 11 is 0. The van der Waals surface area contributed by atoms with E-state index in [0.717, 1.165) is 5.56 Å². The second kappa shape index (κ2) is 8.64. The summed E-state index contributed by atoms with van der Waals surface area (Å²) in [4.78, 5) is 24.7. The second-order valence-electron chi connectivity index (χ2n) is 5.97. The van der Waals surface area contributed by atoms with Crippen LogP contribution in [0.2, 0.25) is 0 Å². The molecule has 1 unspecified atom stereocenters. The van der Waals surface area contributed by atoms with Crippen molar-refractivity contribution in [1.82, 2.24) is 10.6 Å². The number of nitrogens with one attached hydrogen (secondary N) is 3. The molecule has 0 radical (unpaired) electrons. The number of hydrogen-bond donors (Lipinski definition) is 4. The van der Waals surface area contributed by atoms with Crippen molar-refractivity contribution in [2.75, 3.05) is 18.7 Å². The summed E-state index contributed by atoms with van der Waals surface area (Å²) in [5.74, 6) is 0.718. The number of fused-ring (bicyclic) bond motifs is 1. The molecule has 1 aliphatic rings. The Bertz CT molecular complexity index is 908. The number of ether oxygens (including phenoxy) is 2. The number of rotatable bonds is 6. The van der Waals surface area contributed by atoms with Crippen LogP contribution in [0, 0.1) is 11.3 Å². The summed E-state index contributed by atoms with van der Waals surface area (Å²) in [5, 5.41) is 25.7. The third kappa shape index (κ3) is 4.82. The number of aromatic hydroxyl groups is 1. The van der Waals surface area contributed by atoms with Crippen molar-refractivity contribution in [2.24, 2.45) is 0 Å². The number of benzene rings is 2. The van der Waals surface area contributed by atoms with E-state index in [2.05, 4.69) is 16.0 Å². The first kappa shape index (κ1) is 18.8. The van der Waals surface area contributed by atoms with Gasteiger partial charge in [-0.15, -0.1) is 0 Å². The highest BCUT2D eigenvalue weighted by Crippen LogP contribution is 2.34. The fourth-order valence-electron chi connectivity index (χ4n) is 2.63. The number of phenols is 1. The predicted octanol–water partition coefficient (Wildman–Crippen LogP) is 1.49. The Morgan fingerprint density at radius 1 is 1.14 bits per heavy atom. The Morgan fingerprint density at radius 3 is 2.64 bits per heavy atom. The molecule has 1 aliphatic heterocycles. The Labute approximate surface area is 160 Å². The van der Waals surface area contributed by atoms with Gasteiger partial charge >= 0.3 is 6.03 Å². The van der Waals surface area contributed by atoms with Gasteiger partial charge in [-0.1, -0.05) is 12.1 Å². The first-order valence-electron chi connectivity index (χ1n) is 8.45. The number of carbonyl (C=O) groups excluding carboxylic acids is 2. The van der Waals surface area contributed by atoms with Gasteiger partial charge in [-0.05, 0) is 29.8 Å². The van der Waals surface area contributed by atoms with Crippen LogP contribution in [-0.4, -0.2) is 36.4 Å². The topological polar surface area (TPSA) is 133 Å². The molecule has 1 atom stereocenters. The maximum absolute atomic E-state index is 12.4. The van der Waals surface area contributed by atoms with Crippen molar-refractivity contribution in [3.05, 3.63) is 48.0 Å². The monoisotopic (exact) mass is 382 g/mol. The molecule has 3 rings (SSSR count). The third-order valence-corrected chi connectivity index (χ3v) is 3.97. The summed E-state index contributed by atoms with van der Waals surface area (Å²) in [6.07, 6.45) is 0.187. The molecule has 0 fully saturated rings. The Hall–Kier alpha value is -3.93. The van der Waals surface area contributed by atoms with E-state index in [1.807, 2.05) is 6.07 Å². The number of hydrogen-bond acceptors (Lipinski definition) is 6. The number of nitriles is 1. The van der Waals surface area contributed by atoms with Gasteiger partial charge in [0.2, 0.25) is 12.7 Å². The molecular formula is C19H18N4O5. The molecule has 4 N–H and O–H groups in total. The van der Waals surface area contributed by atoms with Crippen molar-refractivity contribution in [3.8, 4) is 23.3 Å². The molecular weight excluding hydrogens is 364 g/mol. The minimum Gasteiger partial charge on any atom is -0.508 e. The van der Waals surface area contributed by atoms with Gasteiger partial charge in [0.1, 0.15) is 18.3 Å².